The molecular formula is C27H32N4O3. The third kappa shape index (κ3) is 5.58. The first-order chi connectivity index (χ1) is 16.6. The van der Waals surface area contributed by atoms with Crippen LogP contribution in [0.3, 0.4) is 0 Å². The molecule has 0 unspecified atom stereocenters. The van der Waals surface area contributed by atoms with Crippen molar-refractivity contribution in [2.24, 2.45) is 5.92 Å². The topological polar surface area (TPSA) is 81.8 Å². The Balaban J connectivity index is 1.14. The maximum atomic E-state index is 13.4. The lowest BCUT2D eigenvalue weighted by atomic mass is 9.95. The Morgan fingerprint density at radius 2 is 1.53 bits per heavy atom. The molecule has 2 aromatic carbocycles. The number of piperidine rings is 1. The molecule has 0 aromatic heterocycles. The van der Waals surface area contributed by atoms with E-state index in [9.17, 15) is 14.4 Å². The molecule has 7 nitrogen and oxygen atoms in total. The maximum Gasteiger partial charge on any atom is 0.321 e. The summed E-state index contributed by atoms with van der Waals surface area (Å²) in [6, 6.07) is 17.6. The molecule has 4 amide bonds. The van der Waals surface area contributed by atoms with E-state index in [1.54, 1.807) is 4.90 Å². The van der Waals surface area contributed by atoms with Crippen LogP contribution in [-0.4, -0.2) is 52.8 Å². The first-order valence-electron chi connectivity index (χ1n) is 12.4. The molecule has 2 N–H and O–H groups in total. The average molecular weight is 461 g/mol. The average Bonchev–Trinajstić information content (AvgIpc) is 3.79. The van der Waals surface area contributed by atoms with Crippen LogP contribution in [-0.2, 0) is 11.3 Å². The zero-order valence-electron chi connectivity index (χ0n) is 19.4. The van der Waals surface area contributed by atoms with Crippen LogP contribution in [0.5, 0.6) is 0 Å². The Labute approximate surface area is 200 Å². The number of nitrogens with one attached hydrogen (secondary N) is 2. The molecule has 2 saturated carbocycles. The Hall–Kier alpha value is -3.35. The molecule has 0 spiro atoms. The molecule has 0 bridgehead atoms. The van der Waals surface area contributed by atoms with E-state index in [-0.39, 0.29) is 23.8 Å². The molecule has 2 aliphatic carbocycles. The van der Waals surface area contributed by atoms with Crippen LogP contribution >= 0.6 is 0 Å². The summed E-state index contributed by atoms with van der Waals surface area (Å²) in [6.45, 7) is 1.74. The molecule has 178 valence electrons. The van der Waals surface area contributed by atoms with Crippen LogP contribution in [0.25, 0.3) is 0 Å². The third-order valence-electron chi connectivity index (χ3n) is 6.91. The predicted molar refractivity (Wildman–Crippen MR) is 130 cm³/mol. The van der Waals surface area contributed by atoms with Crippen molar-refractivity contribution in [3.05, 3.63) is 65.7 Å². The van der Waals surface area contributed by atoms with E-state index < -0.39 is 0 Å². The van der Waals surface area contributed by atoms with E-state index in [4.69, 9.17) is 0 Å². The van der Waals surface area contributed by atoms with Crippen LogP contribution < -0.4 is 10.6 Å². The number of benzene rings is 2. The summed E-state index contributed by atoms with van der Waals surface area (Å²) in [6.07, 6.45) is 5.60. The van der Waals surface area contributed by atoms with Crippen molar-refractivity contribution >= 4 is 23.5 Å². The van der Waals surface area contributed by atoms with E-state index >= 15 is 0 Å². The van der Waals surface area contributed by atoms with Crippen molar-refractivity contribution in [3.8, 4) is 0 Å². The van der Waals surface area contributed by atoms with Gasteiger partial charge in [-0.3, -0.25) is 9.59 Å². The van der Waals surface area contributed by atoms with Gasteiger partial charge in [0, 0.05) is 48.9 Å². The molecule has 1 heterocycles. The number of para-hydroxylation sites is 1. The van der Waals surface area contributed by atoms with E-state index in [2.05, 4.69) is 10.6 Å². The highest BCUT2D eigenvalue weighted by Gasteiger charge is 2.37. The Morgan fingerprint density at radius 3 is 2.15 bits per heavy atom. The molecule has 1 saturated heterocycles. The molecular weight excluding hydrogens is 428 g/mol. The van der Waals surface area contributed by atoms with Crippen LogP contribution in [0.2, 0.25) is 0 Å². The van der Waals surface area contributed by atoms with Crippen LogP contribution in [0.1, 0.15) is 54.4 Å². The third-order valence-corrected chi connectivity index (χ3v) is 6.91. The standard InChI is InChI=1S/C27H32N4O3/c32-25(28-23-10-11-23)20-8-6-19(7-9-20)18-31(24-12-13-24)26(33)21-14-16-30(17-15-21)27(34)29-22-4-2-1-3-5-22/h1-9,21,23-24H,10-18H2,(H,28,32)(H,29,34). The van der Waals surface area contributed by atoms with Crippen LogP contribution in [0.15, 0.2) is 54.6 Å². The maximum absolute atomic E-state index is 13.4. The van der Waals surface area contributed by atoms with Gasteiger partial charge in [-0.05, 0) is 68.4 Å². The zero-order chi connectivity index (χ0) is 23.5. The first kappa shape index (κ1) is 22.4. The SMILES string of the molecule is O=C(NC1CC1)c1ccc(CN(C(=O)C2CCN(C(=O)Nc3ccccc3)CC2)C2CC2)cc1. The van der Waals surface area contributed by atoms with Gasteiger partial charge in [0.1, 0.15) is 0 Å². The van der Waals surface area contributed by atoms with Crippen LogP contribution in [0.4, 0.5) is 10.5 Å². The predicted octanol–water partition coefficient (Wildman–Crippen LogP) is 4.01. The van der Waals surface area contributed by atoms with Gasteiger partial charge in [0.2, 0.25) is 5.91 Å². The number of hydrogen-bond donors (Lipinski definition) is 2. The van der Waals surface area contributed by atoms with Gasteiger partial charge >= 0.3 is 6.03 Å². The van der Waals surface area contributed by atoms with Gasteiger partial charge in [-0.15, -0.1) is 0 Å². The number of amides is 4. The van der Waals surface area contributed by atoms with Crippen molar-refractivity contribution in [1.29, 1.82) is 0 Å². The van der Waals surface area contributed by atoms with Gasteiger partial charge in [-0.25, -0.2) is 4.79 Å². The molecule has 0 radical (unpaired) electrons. The minimum absolute atomic E-state index is 0.0211. The van der Waals surface area contributed by atoms with E-state index in [0.717, 1.165) is 36.9 Å². The molecule has 3 aliphatic rings. The lowest BCUT2D eigenvalue weighted by molar-refractivity contribution is -0.138. The summed E-state index contributed by atoms with van der Waals surface area (Å²) in [4.78, 5) is 42.0. The van der Waals surface area contributed by atoms with Crippen LogP contribution in [0, 0.1) is 5.92 Å². The number of carbonyl (C=O) groups is 3. The molecule has 0 atom stereocenters. The monoisotopic (exact) mass is 460 g/mol. The smallest absolute Gasteiger partial charge is 0.321 e. The summed E-state index contributed by atoms with van der Waals surface area (Å²) in [5.41, 5.74) is 2.49. The van der Waals surface area contributed by atoms with Gasteiger partial charge in [-0.2, -0.15) is 0 Å². The summed E-state index contributed by atoms with van der Waals surface area (Å²) < 4.78 is 0. The molecule has 5 rings (SSSR count). The Bertz CT molecular complexity index is 1020. The van der Waals surface area contributed by atoms with Gasteiger partial charge in [0.25, 0.3) is 5.91 Å². The molecule has 1 aliphatic heterocycles. The van der Waals surface area contributed by atoms with Crippen molar-refractivity contribution in [2.45, 2.75) is 57.2 Å². The highest BCUT2D eigenvalue weighted by atomic mass is 16.2. The number of hydrogen-bond acceptors (Lipinski definition) is 3. The second kappa shape index (κ2) is 9.87. The second-order valence-electron chi connectivity index (χ2n) is 9.70. The largest absolute Gasteiger partial charge is 0.349 e. The van der Waals surface area contributed by atoms with E-state index in [1.807, 2.05) is 59.5 Å². The summed E-state index contributed by atoms with van der Waals surface area (Å²) >= 11 is 0. The van der Waals surface area contributed by atoms with Gasteiger partial charge in [-0.1, -0.05) is 30.3 Å². The Morgan fingerprint density at radius 1 is 0.853 bits per heavy atom. The van der Waals surface area contributed by atoms with Gasteiger partial charge in [0.05, 0.1) is 0 Å². The van der Waals surface area contributed by atoms with Crippen molar-refractivity contribution in [3.63, 3.8) is 0 Å². The highest BCUT2D eigenvalue weighted by molar-refractivity contribution is 5.94. The highest BCUT2D eigenvalue weighted by Crippen LogP contribution is 2.32. The van der Waals surface area contributed by atoms with Crippen molar-refractivity contribution in [2.75, 3.05) is 18.4 Å². The number of urea groups is 1. The lowest BCUT2D eigenvalue weighted by Crippen LogP contribution is -2.46. The van der Waals surface area contributed by atoms with Crippen molar-refractivity contribution < 1.29 is 14.4 Å². The quantitative estimate of drug-likeness (QED) is 0.655. The fourth-order valence-electron chi connectivity index (χ4n) is 4.52. The first-order valence-corrected chi connectivity index (χ1v) is 12.4. The number of rotatable bonds is 7. The molecule has 2 aromatic rings. The minimum Gasteiger partial charge on any atom is -0.349 e. The molecule has 3 fully saturated rings. The second-order valence-corrected chi connectivity index (χ2v) is 9.70. The number of anilines is 1. The fourth-order valence-corrected chi connectivity index (χ4v) is 4.52. The molecule has 34 heavy (non-hydrogen) atoms. The normalized spacial score (nSPS) is 18.3. The molecule has 7 heteroatoms. The number of nitrogens with zero attached hydrogens (tertiary/aromatic N) is 2. The Kier molecular flexibility index (Phi) is 6.52. The minimum atomic E-state index is -0.109. The van der Waals surface area contributed by atoms with Gasteiger partial charge in [0.15, 0.2) is 0 Å². The van der Waals surface area contributed by atoms with E-state index in [0.29, 0.717) is 50.1 Å². The van der Waals surface area contributed by atoms with Crippen molar-refractivity contribution in [1.82, 2.24) is 15.1 Å². The summed E-state index contributed by atoms with van der Waals surface area (Å²) in [7, 11) is 0. The fraction of sp³-hybridized carbons (Fsp3) is 0.444. The summed E-state index contributed by atoms with van der Waals surface area (Å²) in [5.74, 6) is 0.123. The van der Waals surface area contributed by atoms with E-state index in [1.165, 1.54) is 0 Å². The number of likely N-dealkylation sites (tertiary alicyclic amines) is 1. The summed E-state index contributed by atoms with van der Waals surface area (Å²) in [5, 5.41) is 5.94. The lowest BCUT2D eigenvalue weighted by Gasteiger charge is -2.34. The zero-order valence-corrected chi connectivity index (χ0v) is 19.4. The number of carbonyl (C=O) groups excluding carboxylic acids is 3. The van der Waals surface area contributed by atoms with Gasteiger partial charge < -0.3 is 20.4 Å².